The van der Waals surface area contributed by atoms with Crippen LogP contribution in [0.3, 0.4) is 0 Å². The monoisotopic (exact) mass is 209 g/mol. The van der Waals surface area contributed by atoms with Gasteiger partial charge in [-0.05, 0) is 12.8 Å². The summed E-state index contributed by atoms with van der Waals surface area (Å²) in [5.41, 5.74) is 0. The normalized spacial score (nSPS) is 13.8. The van der Waals surface area contributed by atoms with Gasteiger partial charge in [0.05, 0.1) is 6.54 Å². The molecule has 0 spiro atoms. The van der Waals surface area contributed by atoms with Crippen molar-refractivity contribution in [2.24, 2.45) is 0 Å². The van der Waals surface area contributed by atoms with Crippen molar-refractivity contribution in [3.63, 3.8) is 0 Å². The number of hydrogen-bond donors (Lipinski definition) is 3. The lowest BCUT2D eigenvalue weighted by Crippen LogP contribution is -2.38. The Morgan fingerprint density at radius 2 is 2.07 bits per heavy atom. The molecule has 1 rings (SSSR count). The maximum absolute atomic E-state index is 11.1. The molecule has 0 radical (unpaired) electrons. The standard InChI is InChI=1S/C10H15N3O2/c1-2-6-11-9(14)5-7-12-10(15)13-8-3-4-8/h1,8H,3-7H2,(H,11,14)(H2,12,13,15). The fourth-order valence-corrected chi connectivity index (χ4v) is 0.992. The van der Waals surface area contributed by atoms with E-state index in [1.165, 1.54) is 0 Å². The summed E-state index contributed by atoms with van der Waals surface area (Å²) >= 11 is 0. The molecule has 0 unspecified atom stereocenters. The number of amides is 3. The molecule has 15 heavy (non-hydrogen) atoms. The summed E-state index contributed by atoms with van der Waals surface area (Å²) < 4.78 is 0. The SMILES string of the molecule is C#CCNC(=O)CCNC(=O)NC1CC1. The number of hydrogen-bond acceptors (Lipinski definition) is 2. The molecule has 1 aliphatic carbocycles. The van der Waals surface area contributed by atoms with E-state index in [2.05, 4.69) is 21.9 Å². The first-order valence-corrected chi connectivity index (χ1v) is 4.97. The molecule has 0 aromatic carbocycles. The number of terminal acetylenes is 1. The van der Waals surface area contributed by atoms with Crippen LogP contribution in [-0.2, 0) is 4.79 Å². The van der Waals surface area contributed by atoms with Crippen LogP contribution in [0, 0.1) is 12.3 Å². The quantitative estimate of drug-likeness (QED) is 0.539. The van der Waals surface area contributed by atoms with Crippen molar-refractivity contribution in [1.82, 2.24) is 16.0 Å². The van der Waals surface area contributed by atoms with Gasteiger partial charge in [0.15, 0.2) is 0 Å². The van der Waals surface area contributed by atoms with Gasteiger partial charge in [-0.1, -0.05) is 5.92 Å². The molecule has 5 nitrogen and oxygen atoms in total. The first kappa shape index (κ1) is 11.4. The molecule has 0 saturated heterocycles. The predicted octanol–water partition coefficient (Wildman–Crippen LogP) is -0.412. The Morgan fingerprint density at radius 3 is 2.67 bits per heavy atom. The van der Waals surface area contributed by atoms with Crippen LogP contribution in [0.15, 0.2) is 0 Å². The third kappa shape index (κ3) is 5.57. The molecular weight excluding hydrogens is 194 g/mol. The third-order valence-corrected chi connectivity index (χ3v) is 1.94. The van der Waals surface area contributed by atoms with E-state index in [1.807, 2.05) is 0 Å². The molecule has 0 bridgehead atoms. The maximum atomic E-state index is 11.1. The molecule has 3 N–H and O–H groups in total. The smallest absolute Gasteiger partial charge is 0.315 e. The first-order chi connectivity index (χ1) is 7.22. The molecule has 0 aliphatic heterocycles. The minimum atomic E-state index is -0.206. The van der Waals surface area contributed by atoms with Crippen LogP contribution in [0.5, 0.6) is 0 Å². The Labute approximate surface area is 89.0 Å². The van der Waals surface area contributed by atoms with E-state index < -0.39 is 0 Å². The van der Waals surface area contributed by atoms with Crippen molar-refractivity contribution in [2.45, 2.75) is 25.3 Å². The van der Waals surface area contributed by atoms with Crippen LogP contribution in [0.1, 0.15) is 19.3 Å². The van der Waals surface area contributed by atoms with E-state index in [9.17, 15) is 9.59 Å². The van der Waals surface area contributed by atoms with Crippen molar-refractivity contribution in [1.29, 1.82) is 0 Å². The van der Waals surface area contributed by atoms with Gasteiger partial charge >= 0.3 is 6.03 Å². The molecule has 3 amide bonds. The molecule has 5 heteroatoms. The Morgan fingerprint density at radius 1 is 1.33 bits per heavy atom. The van der Waals surface area contributed by atoms with E-state index in [0.717, 1.165) is 12.8 Å². The fourth-order valence-electron chi connectivity index (χ4n) is 0.992. The molecule has 1 fully saturated rings. The van der Waals surface area contributed by atoms with Gasteiger partial charge in [0.1, 0.15) is 0 Å². The maximum Gasteiger partial charge on any atom is 0.315 e. The highest BCUT2D eigenvalue weighted by molar-refractivity contribution is 5.78. The molecule has 82 valence electrons. The Hall–Kier alpha value is -1.70. The molecule has 0 heterocycles. The second kappa shape index (κ2) is 5.91. The van der Waals surface area contributed by atoms with Gasteiger partial charge in [0.2, 0.25) is 5.91 Å². The number of rotatable bonds is 5. The summed E-state index contributed by atoms with van der Waals surface area (Å²) in [6, 6.07) is 0.127. The number of carbonyl (C=O) groups excluding carboxylic acids is 2. The average Bonchev–Trinajstić information content (AvgIpc) is 2.98. The second-order valence-corrected chi connectivity index (χ2v) is 3.41. The van der Waals surface area contributed by atoms with Gasteiger partial charge in [-0.3, -0.25) is 4.79 Å². The zero-order valence-corrected chi connectivity index (χ0v) is 8.51. The van der Waals surface area contributed by atoms with Gasteiger partial charge in [-0.2, -0.15) is 0 Å². The van der Waals surface area contributed by atoms with Gasteiger partial charge in [0.25, 0.3) is 0 Å². The first-order valence-electron chi connectivity index (χ1n) is 4.97. The topological polar surface area (TPSA) is 70.2 Å². The van der Waals surface area contributed by atoms with Gasteiger partial charge in [-0.25, -0.2) is 4.79 Å². The Balaban J connectivity index is 1.97. The van der Waals surface area contributed by atoms with Crippen molar-refractivity contribution in [3.8, 4) is 12.3 Å². The van der Waals surface area contributed by atoms with E-state index in [4.69, 9.17) is 6.42 Å². The predicted molar refractivity (Wildman–Crippen MR) is 56.0 cm³/mol. The minimum absolute atomic E-state index is 0.153. The van der Waals surface area contributed by atoms with E-state index in [0.29, 0.717) is 12.6 Å². The molecule has 0 aromatic rings. The van der Waals surface area contributed by atoms with E-state index >= 15 is 0 Å². The van der Waals surface area contributed by atoms with Crippen molar-refractivity contribution in [2.75, 3.05) is 13.1 Å². The Kier molecular flexibility index (Phi) is 4.48. The van der Waals surface area contributed by atoms with Crippen LogP contribution < -0.4 is 16.0 Å². The molecule has 1 saturated carbocycles. The lowest BCUT2D eigenvalue weighted by molar-refractivity contribution is -0.120. The molecule has 0 atom stereocenters. The van der Waals surface area contributed by atoms with Crippen LogP contribution in [0.4, 0.5) is 4.79 Å². The van der Waals surface area contributed by atoms with Crippen molar-refractivity contribution < 1.29 is 9.59 Å². The lowest BCUT2D eigenvalue weighted by Gasteiger charge is -2.05. The summed E-state index contributed by atoms with van der Waals surface area (Å²) in [6.07, 6.45) is 7.32. The lowest BCUT2D eigenvalue weighted by atomic mass is 10.4. The summed E-state index contributed by atoms with van der Waals surface area (Å²) in [6.45, 7) is 0.558. The zero-order valence-electron chi connectivity index (χ0n) is 8.51. The van der Waals surface area contributed by atoms with Gasteiger partial charge in [0, 0.05) is 19.0 Å². The molecule has 1 aliphatic rings. The highest BCUT2D eigenvalue weighted by atomic mass is 16.2. The van der Waals surface area contributed by atoms with Gasteiger partial charge < -0.3 is 16.0 Å². The van der Waals surface area contributed by atoms with Crippen molar-refractivity contribution >= 4 is 11.9 Å². The van der Waals surface area contributed by atoms with Crippen molar-refractivity contribution in [3.05, 3.63) is 0 Å². The van der Waals surface area contributed by atoms with Crippen LogP contribution in [0.25, 0.3) is 0 Å². The number of carbonyl (C=O) groups is 2. The largest absolute Gasteiger partial charge is 0.345 e. The van der Waals surface area contributed by atoms with Gasteiger partial charge in [-0.15, -0.1) is 6.42 Å². The average molecular weight is 209 g/mol. The van der Waals surface area contributed by atoms with Crippen LogP contribution >= 0.6 is 0 Å². The number of nitrogens with one attached hydrogen (secondary N) is 3. The summed E-state index contributed by atoms with van der Waals surface area (Å²) in [4.78, 5) is 22.1. The van der Waals surface area contributed by atoms with Crippen LogP contribution in [-0.4, -0.2) is 31.1 Å². The highest BCUT2D eigenvalue weighted by Crippen LogP contribution is 2.18. The van der Waals surface area contributed by atoms with E-state index in [1.54, 1.807) is 0 Å². The fraction of sp³-hybridized carbons (Fsp3) is 0.600. The molecule has 0 aromatic heterocycles. The minimum Gasteiger partial charge on any atom is -0.345 e. The zero-order chi connectivity index (χ0) is 11.1. The van der Waals surface area contributed by atoms with E-state index in [-0.39, 0.29) is 24.9 Å². The molecular formula is C10H15N3O2. The number of urea groups is 1. The Bertz CT molecular complexity index is 279. The summed E-state index contributed by atoms with van der Waals surface area (Å²) in [5.74, 6) is 2.15. The highest BCUT2D eigenvalue weighted by Gasteiger charge is 2.22. The summed E-state index contributed by atoms with van der Waals surface area (Å²) in [7, 11) is 0. The second-order valence-electron chi connectivity index (χ2n) is 3.41. The summed E-state index contributed by atoms with van der Waals surface area (Å²) in [5, 5.41) is 7.87. The van der Waals surface area contributed by atoms with Crippen LogP contribution in [0.2, 0.25) is 0 Å². The third-order valence-electron chi connectivity index (χ3n) is 1.94.